The first-order valence-corrected chi connectivity index (χ1v) is 4.87. The van der Waals surface area contributed by atoms with Gasteiger partial charge in [0.1, 0.15) is 6.33 Å². The first-order valence-electron chi connectivity index (χ1n) is 3.99. The number of rotatable bonds is 5. The van der Waals surface area contributed by atoms with Crippen molar-refractivity contribution in [3.63, 3.8) is 0 Å². The van der Waals surface area contributed by atoms with Crippen molar-refractivity contribution in [2.24, 2.45) is 0 Å². The van der Waals surface area contributed by atoms with Crippen molar-refractivity contribution in [2.45, 2.75) is 17.3 Å². The van der Waals surface area contributed by atoms with E-state index in [9.17, 15) is 0 Å². The van der Waals surface area contributed by atoms with Crippen LogP contribution in [0.1, 0.15) is 6.92 Å². The maximum absolute atomic E-state index is 5.10. The van der Waals surface area contributed by atoms with Gasteiger partial charge in [-0.2, -0.15) is 5.10 Å². The van der Waals surface area contributed by atoms with Crippen molar-refractivity contribution in [1.29, 1.82) is 0 Å². The normalized spacial score (nSPS) is 12.3. The molecular weight excluding hydrogens is 184 g/mol. The zero-order valence-corrected chi connectivity index (χ0v) is 8.27. The lowest BCUT2D eigenvalue weighted by Gasteiger charge is -2.07. The van der Waals surface area contributed by atoms with Crippen molar-refractivity contribution in [1.82, 2.24) is 20.5 Å². The minimum atomic E-state index is 0.432. The van der Waals surface area contributed by atoms with E-state index in [1.54, 1.807) is 11.8 Å². The third kappa shape index (κ3) is 3.97. The average molecular weight is 196 g/mol. The van der Waals surface area contributed by atoms with Gasteiger partial charge in [-0.15, -0.1) is 6.42 Å². The topological polar surface area (TPSA) is 53.6 Å². The molecular formula is C8H12N4S. The van der Waals surface area contributed by atoms with Crippen molar-refractivity contribution in [3.8, 4) is 12.3 Å². The average Bonchev–Trinajstić information content (AvgIpc) is 2.57. The summed E-state index contributed by atoms with van der Waals surface area (Å²) in [4.78, 5) is 4.01. The van der Waals surface area contributed by atoms with Gasteiger partial charge >= 0.3 is 0 Å². The zero-order valence-electron chi connectivity index (χ0n) is 7.45. The molecule has 0 fully saturated rings. The molecule has 1 atom stereocenters. The number of nitrogens with zero attached hydrogens (tertiary/aromatic N) is 2. The van der Waals surface area contributed by atoms with Crippen LogP contribution in [0.3, 0.4) is 0 Å². The van der Waals surface area contributed by atoms with Crippen LogP contribution in [-0.4, -0.2) is 33.5 Å². The fourth-order valence-corrected chi connectivity index (χ4v) is 1.63. The highest BCUT2D eigenvalue weighted by atomic mass is 32.2. The van der Waals surface area contributed by atoms with Crippen LogP contribution >= 0.6 is 11.8 Å². The van der Waals surface area contributed by atoms with Gasteiger partial charge in [0.15, 0.2) is 5.16 Å². The predicted molar refractivity (Wildman–Crippen MR) is 53.4 cm³/mol. The summed E-state index contributed by atoms with van der Waals surface area (Å²) in [6, 6.07) is 0. The molecule has 0 bridgehead atoms. The molecule has 70 valence electrons. The monoisotopic (exact) mass is 196 g/mol. The van der Waals surface area contributed by atoms with Crippen LogP contribution in [0, 0.1) is 12.3 Å². The van der Waals surface area contributed by atoms with E-state index >= 15 is 0 Å². The van der Waals surface area contributed by atoms with Crippen molar-refractivity contribution < 1.29 is 0 Å². The van der Waals surface area contributed by atoms with Crippen molar-refractivity contribution in [3.05, 3.63) is 6.33 Å². The summed E-state index contributed by atoms with van der Waals surface area (Å²) in [7, 11) is 0. The highest BCUT2D eigenvalue weighted by Gasteiger charge is 2.04. The summed E-state index contributed by atoms with van der Waals surface area (Å²) in [5.41, 5.74) is 0. The first kappa shape index (κ1) is 10.1. The van der Waals surface area contributed by atoms with E-state index in [4.69, 9.17) is 6.42 Å². The summed E-state index contributed by atoms with van der Waals surface area (Å²) >= 11 is 1.64. The Labute approximate surface area is 81.9 Å². The standard InChI is InChI=1S/C8H12N4S/c1-3-4-9-5-7(2)13-8-10-6-11-12-8/h1,6-7,9H,4-5H2,2H3,(H,10,11,12). The summed E-state index contributed by atoms with van der Waals surface area (Å²) in [6.45, 7) is 3.59. The Kier molecular flexibility index (Phi) is 4.36. The van der Waals surface area contributed by atoms with E-state index in [-0.39, 0.29) is 0 Å². The Morgan fingerprint density at radius 2 is 2.69 bits per heavy atom. The molecule has 0 saturated carbocycles. The molecule has 2 N–H and O–H groups in total. The van der Waals surface area contributed by atoms with Crippen molar-refractivity contribution >= 4 is 11.8 Å². The van der Waals surface area contributed by atoms with E-state index in [2.05, 4.69) is 33.3 Å². The largest absolute Gasteiger partial charge is 0.305 e. The lowest BCUT2D eigenvalue weighted by molar-refractivity contribution is 0.746. The number of hydrogen-bond acceptors (Lipinski definition) is 4. The van der Waals surface area contributed by atoms with Crippen LogP contribution < -0.4 is 5.32 Å². The number of aromatic amines is 1. The maximum atomic E-state index is 5.10. The van der Waals surface area contributed by atoms with Crippen LogP contribution in [-0.2, 0) is 0 Å². The quantitative estimate of drug-likeness (QED) is 0.409. The second kappa shape index (κ2) is 5.62. The van der Waals surface area contributed by atoms with E-state index < -0.39 is 0 Å². The van der Waals surface area contributed by atoms with Gasteiger partial charge in [-0.1, -0.05) is 24.6 Å². The number of terminal acetylenes is 1. The van der Waals surface area contributed by atoms with Crippen LogP contribution in [0.4, 0.5) is 0 Å². The molecule has 0 aliphatic heterocycles. The molecule has 5 heteroatoms. The zero-order chi connectivity index (χ0) is 9.52. The SMILES string of the molecule is C#CCNCC(C)Sc1ncn[nH]1. The van der Waals surface area contributed by atoms with Crippen LogP contribution in [0.5, 0.6) is 0 Å². The lowest BCUT2D eigenvalue weighted by atomic mass is 10.4. The molecule has 0 spiro atoms. The van der Waals surface area contributed by atoms with Crippen molar-refractivity contribution in [2.75, 3.05) is 13.1 Å². The Balaban J connectivity index is 2.19. The van der Waals surface area contributed by atoms with E-state index in [0.717, 1.165) is 11.7 Å². The number of H-pyrrole nitrogens is 1. The third-order valence-electron chi connectivity index (χ3n) is 1.36. The highest BCUT2D eigenvalue weighted by Crippen LogP contribution is 2.16. The van der Waals surface area contributed by atoms with Gasteiger partial charge in [0.2, 0.25) is 0 Å². The molecule has 13 heavy (non-hydrogen) atoms. The Morgan fingerprint density at radius 3 is 3.31 bits per heavy atom. The fourth-order valence-electron chi connectivity index (χ4n) is 0.831. The molecule has 1 unspecified atom stereocenters. The van der Waals surface area contributed by atoms with E-state index in [1.807, 2.05) is 0 Å². The predicted octanol–water partition coefficient (Wildman–Crippen LogP) is 0.508. The number of hydrogen-bond donors (Lipinski definition) is 2. The molecule has 0 radical (unpaired) electrons. The summed E-state index contributed by atoms with van der Waals surface area (Å²) in [5, 5.41) is 11.0. The fraction of sp³-hybridized carbons (Fsp3) is 0.500. The third-order valence-corrected chi connectivity index (χ3v) is 2.35. The second-order valence-corrected chi connectivity index (χ2v) is 3.98. The van der Waals surface area contributed by atoms with Gasteiger partial charge in [0, 0.05) is 11.8 Å². The van der Waals surface area contributed by atoms with Gasteiger partial charge in [-0.05, 0) is 0 Å². The minimum Gasteiger partial charge on any atom is -0.305 e. The Hall–Kier alpha value is -0.990. The van der Waals surface area contributed by atoms with Gasteiger partial charge in [0.05, 0.1) is 6.54 Å². The summed E-state index contributed by atoms with van der Waals surface area (Å²) in [6.07, 6.45) is 6.61. The Bertz CT molecular complexity index is 264. The molecule has 1 aromatic rings. The molecule has 1 aromatic heterocycles. The highest BCUT2D eigenvalue weighted by molar-refractivity contribution is 7.99. The van der Waals surface area contributed by atoms with E-state index in [0.29, 0.717) is 11.8 Å². The molecule has 1 heterocycles. The van der Waals surface area contributed by atoms with Gasteiger partial charge in [-0.3, -0.25) is 5.10 Å². The lowest BCUT2D eigenvalue weighted by Crippen LogP contribution is -2.22. The maximum Gasteiger partial charge on any atom is 0.183 e. The van der Waals surface area contributed by atoms with E-state index in [1.165, 1.54) is 6.33 Å². The van der Waals surface area contributed by atoms with Crippen LogP contribution in [0.2, 0.25) is 0 Å². The van der Waals surface area contributed by atoms with Gasteiger partial charge < -0.3 is 5.32 Å². The first-order chi connectivity index (χ1) is 6.33. The van der Waals surface area contributed by atoms with Gasteiger partial charge in [-0.25, -0.2) is 4.98 Å². The number of thioether (sulfide) groups is 1. The summed E-state index contributed by atoms with van der Waals surface area (Å²) < 4.78 is 0. The molecule has 1 rings (SSSR count). The molecule has 0 aromatic carbocycles. The molecule has 4 nitrogen and oxygen atoms in total. The summed E-state index contributed by atoms with van der Waals surface area (Å²) in [5.74, 6) is 2.53. The molecule has 0 aliphatic rings. The van der Waals surface area contributed by atoms with Crippen LogP contribution in [0.15, 0.2) is 11.5 Å². The molecule has 0 saturated heterocycles. The smallest absolute Gasteiger partial charge is 0.183 e. The minimum absolute atomic E-state index is 0.432. The second-order valence-electron chi connectivity index (χ2n) is 2.55. The number of nitrogens with one attached hydrogen (secondary N) is 2. The van der Waals surface area contributed by atoms with Crippen LogP contribution in [0.25, 0.3) is 0 Å². The molecule has 0 aliphatic carbocycles. The van der Waals surface area contributed by atoms with Gasteiger partial charge in [0.25, 0.3) is 0 Å². The number of aromatic nitrogens is 3. The Morgan fingerprint density at radius 1 is 1.85 bits per heavy atom. The molecule has 0 amide bonds.